The number of hydrogen-bond acceptors (Lipinski definition) is 3. The fraction of sp³-hybridized carbons (Fsp3) is 0.357. The summed E-state index contributed by atoms with van der Waals surface area (Å²) in [6, 6.07) is 8.38. The van der Waals surface area contributed by atoms with Crippen LogP contribution in [0.15, 0.2) is 24.3 Å². The molecule has 1 heterocycles. The van der Waals surface area contributed by atoms with Gasteiger partial charge in [-0.3, -0.25) is 0 Å². The second kappa shape index (κ2) is 4.72. The topological polar surface area (TPSA) is 48.1 Å². The van der Waals surface area contributed by atoms with E-state index >= 15 is 0 Å². The predicted molar refractivity (Wildman–Crippen MR) is 70.3 cm³/mol. The van der Waals surface area contributed by atoms with Gasteiger partial charge in [-0.1, -0.05) is 19.9 Å². The maximum Gasteiger partial charge on any atom is 0.218 e. The number of methoxy groups -OCH3 is 1. The van der Waals surface area contributed by atoms with Crippen LogP contribution in [0.3, 0.4) is 0 Å². The van der Waals surface area contributed by atoms with Crippen molar-refractivity contribution in [1.82, 2.24) is 4.98 Å². The van der Waals surface area contributed by atoms with E-state index in [2.05, 4.69) is 37.0 Å². The molecule has 0 amide bonds. The molecule has 0 radical (unpaired) electrons. The summed E-state index contributed by atoms with van der Waals surface area (Å²) >= 11 is 0. The number of nitrogens with zero attached hydrogens (tertiary/aromatic N) is 1. The maximum atomic E-state index is 5.70. The van der Waals surface area contributed by atoms with Crippen LogP contribution in [-0.4, -0.2) is 12.1 Å². The van der Waals surface area contributed by atoms with E-state index in [1.54, 1.807) is 7.11 Å². The third-order valence-corrected chi connectivity index (χ3v) is 2.96. The fourth-order valence-corrected chi connectivity index (χ4v) is 1.90. The summed E-state index contributed by atoms with van der Waals surface area (Å²) in [5.41, 5.74) is 8.90. The summed E-state index contributed by atoms with van der Waals surface area (Å²) in [6.07, 6.45) is 0. The lowest BCUT2D eigenvalue weighted by Gasteiger charge is -2.10. The molecule has 0 atom stereocenters. The molecule has 0 aliphatic rings. The average molecular weight is 230 g/mol. The standard InChI is InChI=1S/C14H18N2O/c1-9(2)10-4-5-13-11(6-10)7-12(8-15)14(16-13)17-3/h4-7,9H,8,15H2,1-3H3. The molecule has 0 fully saturated rings. The Bertz CT molecular complexity index is 535. The van der Waals surface area contributed by atoms with Crippen molar-refractivity contribution in [2.75, 3.05) is 7.11 Å². The summed E-state index contributed by atoms with van der Waals surface area (Å²) in [5.74, 6) is 1.14. The molecule has 2 rings (SSSR count). The maximum absolute atomic E-state index is 5.70. The van der Waals surface area contributed by atoms with Gasteiger partial charge >= 0.3 is 0 Å². The van der Waals surface area contributed by atoms with Crippen LogP contribution >= 0.6 is 0 Å². The minimum absolute atomic E-state index is 0.442. The quantitative estimate of drug-likeness (QED) is 0.882. The molecule has 0 saturated carbocycles. The third kappa shape index (κ3) is 2.24. The summed E-state index contributed by atoms with van der Waals surface area (Å²) in [5, 5.41) is 1.12. The van der Waals surface area contributed by atoms with E-state index < -0.39 is 0 Å². The third-order valence-electron chi connectivity index (χ3n) is 2.96. The Morgan fingerprint density at radius 3 is 2.65 bits per heavy atom. The zero-order valence-electron chi connectivity index (χ0n) is 10.5. The Balaban J connectivity index is 2.62. The fourth-order valence-electron chi connectivity index (χ4n) is 1.90. The molecular formula is C14H18N2O. The zero-order valence-corrected chi connectivity index (χ0v) is 10.5. The van der Waals surface area contributed by atoms with Crippen LogP contribution in [0.2, 0.25) is 0 Å². The van der Waals surface area contributed by atoms with Gasteiger partial charge < -0.3 is 10.5 Å². The highest BCUT2D eigenvalue weighted by atomic mass is 16.5. The zero-order chi connectivity index (χ0) is 12.4. The van der Waals surface area contributed by atoms with Crippen LogP contribution in [0.5, 0.6) is 5.88 Å². The lowest BCUT2D eigenvalue weighted by atomic mass is 10.0. The number of aromatic nitrogens is 1. The van der Waals surface area contributed by atoms with Crippen molar-refractivity contribution in [1.29, 1.82) is 0 Å². The van der Waals surface area contributed by atoms with Crippen molar-refractivity contribution in [3.05, 3.63) is 35.4 Å². The molecule has 17 heavy (non-hydrogen) atoms. The Hall–Kier alpha value is -1.61. The van der Waals surface area contributed by atoms with E-state index in [-0.39, 0.29) is 0 Å². The van der Waals surface area contributed by atoms with Gasteiger partial charge in [0.15, 0.2) is 0 Å². The molecule has 1 aromatic heterocycles. The lowest BCUT2D eigenvalue weighted by Crippen LogP contribution is -2.02. The largest absolute Gasteiger partial charge is 0.481 e. The second-order valence-electron chi connectivity index (χ2n) is 4.47. The minimum atomic E-state index is 0.442. The molecule has 1 aromatic carbocycles. The first-order valence-corrected chi connectivity index (χ1v) is 5.83. The van der Waals surface area contributed by atoms with E-state index in [0.29, 0.717) is 18.3 Å². The number of hydrogen-bond donors (Lipinski definition) is 1. The van der Waals surface area contributed by atoms with Crippen molar-refractivity contribution < 1.29 is 4.74 Å². The van der Waals surface area contributed by atoms with Crippen molar-refractivity contribution in [2.45, 2.75) is 26.3 Å². The first-order valence-electron chi connectivity index (χ1n) is 5.83. The number of ether oxygens (including phenoxy) is 1. The number of pyridine rings is 1. The van der Waals surface area contributed by atoms with Gasteiger partial charge in [0, 0.05) is 17.5 Å². The Kier molecular flexibility index (Phi) is 3.29. The first kappa shape index (κ1) is 11.9. The van der Waals surface area contributed by atoms with Crippen LogP contribution in [-0.2, 0) is 6.54 Å². The summed E-state index contributed by atoms with van der Waals surface area (Å²) < 4.78 is 5.23. The Morgan fingerprint density at radius 1 is 1.29 bits per heavy atom. The van der Waals surface area contributed by atoms with E-state index in [4.69, 9.17) is 10.5 Å². The molecule has 3 heteroatoms. The summed E-state index contributed by atoms with van der Waals surface area (Å²) in [6.45, 7) is 4.81. The molecule has 90 valence electrons. The molecule has 0 unspecified atom stereocenters. The van der Waals surface area contributed by atoms with Crippen LogP contribution in [0.25, 0.3) is 10.9 Å². The molecule has 3 nitrogen and oxygen atoms in total. The first-order chi connectivity index (χ1) is 8.15. The highest BCUT2D eigenvalue weighted by Crippen LogP contribution is 2.25. The van der Waals surface area contributed by atoms with Gasteiger partial charge in [-0.25, -0.2) is 4.98 Å². The summed E-state index contributed by atoms with van der Waals surface area (Å²) in [7, 11) is 1.62. The van der Waals surface area contributed by atoms with E-state index in [9.17, 15) is 0 Å². The van der Waals surface area contributed by atoms with Gasteiger partial charge in [0.1, 0.15) is 0 Å². The molecule has 0 aliphatic carbocycles. The smallest absolute Gasteiger partial charge is 0.218 e. The van der Waals surface area contributed by atoms with Gasteiger partial charge in [0.2, 0.25) is 5.88 Å². The van der Waals surface area contributed by atoms with Gasteiger partial charge in [-0.2, -0.15) is 0 Å². The van der Waals surface area contributed by atoms with Crippen molar-refractivity contribution in [3.63, 3.8) is 0 Å². The molecule has 2 N–H and O–H groups in total. The molecule has 2 aromatic rings. The van der Waals surface area contributed by atoms with Gasteiger partial charge in [-0.05, 0) is 29.7 Å². The normalized spacial score (nSPS) is 11.1. The lowest BCUT2D eigenvalue weighted by molar-refractivity contribution is 0.394. The van der Waals surface area contributed by atoms with E-state index in [0.717, 1.165) is 16.5 Å². The highest BCUT2D eigenvalue weighted by molar-refractivity contribution is 5.81. The second-order valence-corrected chi connectivity index (χ2v) is 4.47. The van der Waals surface area contributed by atoms with Crippen LogP contribution < -0.4 is 10.5 Å². The van der Waals surface area contributed by atoms with Crippen LogP contribution in [0.4, 0.5) is 0 Å². The average Bonchev–Trinajstić information content (AvgIpc) is 2.36. The van der Waals surface area contributed by atoms with Crippen molar-refractivity contribution in [3.8, 4) is 5.88 Å². The highest BCUT2D eigenvalue weighted by Gasteiger charge is 2.07. The van der Waals surface area contributed by atoms with Gasteiger partial charge in [0.25, 0.3) is 0 Å². The molecule has 0 spiro atoms. The summed E-state index contributed by atoms with van der Waals surface area (Å²) in [4.78, 5) is 4.46. The molecule has 0 aliphatic heterocycles. The Morgan fingerprint density at radius 2 is 2.06 bits per heavy atom. The van der Waals surface area contributed by atoms with E-state index in [1.807, 2.05) is 6.07 Å². The number of nitrogens with two attached hydrogens (primary N) is 1. The van der Waals surface area contributed by atoms with Crippen LogP contribution in [0.1, 0.15) is 30.9 Å². The number of rotatable bonds is 3. The van der Waals surface area contributed by atoms with Gasteiger partial charge in [0.05, 0.1) is 12.6 Å². The van der Waals surface area contributed by atoms with Crippen molar-refractivity contribution >= 4 is 10.9 Å². The minimum Gasteiger partial charge on any atom is -0.481 e. The Labute approximate surface area is 102 Å². The van der Waals surface area contributed by atoms with E-state index in [1.165, 1.54) is 5.56 Å². The van der Waals surface area contributed by atoms with Crippen molar-refractivity contribution in [2.24, 2.45) is 5.73 Å². The van der Waals surface area contributed by atoms with Gasteiger partial charge in [-0.15, -0.1) is 0 Å². The monoisotopic (exact) mass is 230 g/mol. The molecular weight excluding hydrogens is 212 g/mol. The predicted octanol–water partition coefficient (Wildman–Crippen LogP) is 2.83. The number of fused-ring (bicyclic) bond motifs is 1. The van der Waals surface area contributed by atoms with Crippen LogP contribution in [0, 0.1) is 0 Å². The molecule has 0 bridgehead atoms. The number of benzene rings is 1. The molecule has 0 saturated heterocycles. The SMILES string of the molecule is COc1nc2ccc(C(C)C)cc2cc1CN.